The molecular weight excluding hydrogens is 204 g/mol. The van der Waals surface area contributed by atoms with Gasteiger partial charge in [0.2, 0.25) is 5.91 Å². The third-order valence-electron chi connectivity index (χ3n) is 1.59. The highest BCUT2D eigenvalue weighted by molar-refractivity contribution is 5.84. The topological polar surface area (TPSA) is 122 Å². The van der Waals surface area contributed by atoms with Crippen LogP contribution < -0.4 is 11.1 Å². The number of nitrogens with one attached hydrogen (secondary N) is 1. The Bertz CT molecular complexity index is 209. The minimum absolute atomic E-state index is 0.0750. The van der Waals surface area contributed by atoms with Crippen LogP contribution in [-0.2, 0) is 14.3 Å². The smallest absolute Gasteiger partial charge is 0.305 e. The number of aliphatic carboxylic acids is 1. The molecule has 0 aromatic rings. The van der Waals surface area contributed by atoms with E-state index >= 15 is 0 Å². The molecule has 0 radical (unpaired) electrons. The van der Waals surface area contributed by atoms with Gasteiger partial charge in [-0.3, -0.25) is 9.59 Å². The van der Waals surface area contributed by atoms with Gasteiger partial charge in [0.05, 0.1) is 32.3 Å². The van der Waals surface area contributed by atoms with Gasteiger partial charge in [0.15, 0.2) is 0 Å². The fraction of sp³-hybridized carbons (Fsp3) is 0.750. The predicted octanol–water partition coefficient (Wildman–Crippen LogP) is -2.09. The number of aliphatic hydroxyl groups is 1. The zero-order chi connectivity index (χ0) is 11.7. The maximum absolute atomic E-state index is 10.8. The number of carboxylic acid groups (broad SMARTS) is 1. The first-order valence-corrected chi connectivity index (χ1v) is 4.51. The lowest BCUT2D eigenvalue weighted by molar-refractivity contribution is -0.139. The molecule has 0 heterocycles. The van der Waals surface area contributed by atoms with Gasteiger partial charge in [-0.15, -0.1) is 0 Å². The quantitative estimate of drug-likeness (QED) is 0.331. The van der Waals surface area contributed by atoms with Gasteiger partial charge >= 0.3 is 5.97 Å². The summed E-state index contributed by atoms with van der Waals surface area (Å²) in [7, 11) is 0. The highest BCUT2D eigenvalue weighted by Crippen LogP contribution is 1.90. The number of rotatable bonds is 9. The van der Waals surface area contributed by atoms with Crippen LogP contribution in [-0.4, -0.2) is 54.5 Å². The number of aliphatic hydroxyl groups excluding tert-OH is 1. The Morgan fingerprint density at radius 1 is 1.40 bits per heavy atom. The van der Waals surface area contributed by atoms with Crippen LogP contribution in [0.15, 0.2) is 0 Å². The minimum Gasteiger partial charge on any atom is -0.481 e. The van der Waals surface area contributed by atoms with Crippen LogP contribution in [0.25, 0.3) is 0 Å². The van der Waals surface area contributed by atoms with Crippen molar-refractivity contribution in [3.05, 3.63) is 0 Å². The van der Waals surface area contributed by atoms with Crippen LogP contribution in [0.5, 0.6) is 0 Å². The van der Waals surface area contributed by atoms with E-state index in [0.29, 0.717) is 6.54 Å². The molecule has 7 heteroatoms. The van der Waals surface area contributed by atoms with Crippen LogP contribution in [0.1, 0.15) is 6.42 Å². The molecule has 0 aromatic carbocycles. The van der Waals surface area contributed by atoms with Gasteiger partial charge in [0.1, 0.15) is 0 Å². The first-order chi connectivity index (χ1) is 7.07. The van der Waals surface area contributed by atoms with E-state index in [1.807, 2.05) is 0 Å². The number of amides is 1. The average Bonchev–Trinajstić information content (AvgIpc) is 2.15. The normalized spacial score (nSPS) is 12.3. The molecule has 88 valence electrons. The summed E-state index contributed by atoms with van der Waals surface area (Å²) in [5.74, 6) is -1.80. The van der Waals surface area contributed by atoms with Gasteiger partial charge < -0.3 is 26.0 Å². The number of nitrogens with two attached hydrogens (primary N) is 1. The van der Waals surface area contributed by atoms with E-state index in [1.165, 1.54) is 0 Å². The third-order valence-corrected chi connectivity index (χ3v) is 1.59. The summed E-state index contributed by atoms with van der Waals surface area (Å²) in [4.78, 5) is 21.1. The maximum Gasteiger partial charge on any atom is 0.305 e. The van der Waals surface area contributed by atoms with Crippen molar-refractivity contribution in [2.75, 3.05) is 26.4 Å². The fourth-order valence-electron chi connectivity index (χ4n) is 0.920. The Kier molecular flexibility index (Phi) is 7.51. The highest BCUT2D eigenvalue weighted by atomic mass is 16.5. The summed E-state index contributed by atoms with van der Waals surface area (Å²) in [5.41, 5.74) is 4.98. The van der Waals surface area contributed by atoms with E-state index in [1.54, 1.807) is 0 Å². The summed E-state index contributed by atoms with van der Waals surface area (Å²) in [6.45, 7) is 0.723. The standard InChI is InChI=1S/C8H16N2O5/c9-8(14)6(5-7(12)13)10-1-3-15-4-2-11/h6,10-11H,1-5H2,(H2,9,14)(H,12,13)/t6-/m0/s1. The third kappa shape index (κ3) is 7.86. The van der Waals surface area contributed by atoms with Crippen molar-refractivity contribution < 1.29 is 24.5 Å². The Balaban J connectivity index is 3.67. The van der Waals surface area contributed by atoms with Crippen molar-refractivity contribution in [2.24, 2.45) is 5.73 Å². The lowest BCUT2D eigenvalue weighted by Crippen LogP contribution is -2.44. The van der Waals surface area contributed by atoms with E-state index in [9.17, 15) is 9.59 Å². The van der Waals surface area contributed by atoms with Crippen molar-refractivity contribution in [3.63, 3.8) is 0 Å². The van der Waals surface area contributed by atoms with E-state index in [-0.39, 0.29) is 26.2 Å². The molecule has 0 saturated carbocycles. The van der Waals surface area contributed by atoms with Crippen LogP contribution >= 0.6 is 0 Å². The molecule has 1 atom stereocenters. The SMILES string of the molecule is NC(=O)[C@H](CC(=O)O)NCCOCCO. The first kappa shape index (κ1) is 13.8. The lowest BCUT2D eigenvalue weighted by Gasteiger charge is -2.12. The number of hydrogen-bond acceptors (Lipinski definition) is 5. The van der Waals surface area contributed by atoms with E-state index < -0.39 is 17.9 Å². The second-order valence-corrected chi connectivity index (χ2v) is 2.84. The molecule has 1 amide bonds. The molecule has 0 aliphatic rings. The monoisotopic (exact) mass is 220 g/mol. The number of carbonyl (C=O) groups excluding carboxylic acids is 1. The van der Waals surface area contributed by atoms with E-state index in [0.717, 1.165) is 0 Å². The predicted molar refractivity (Wildman–Crippen MR) is 51.1 cm³/mol. The molecule has 0 rings (SSSR count). The number of hydrogen-bond donors (Lipinski definition) is 4. The van der Waals surface area contributed by atoms with Crippen LogP contribution in [0.3, 0.4) is 0 Å². The van der Waals surface area contributed by atoms with Gasteiger partial charge in [-0.25, -0.2) is 0 Å². The number of primary amides is 1. The molecule has 7 nitrogen and oxygen atoms in total. The van der Waals surface area contributed by atoms with Crippen molar-refractivity contribution in [1.29, 1.82) is 0 Å². The number of ether oxygens (including phenoxy) is 1. The fourth-order valence-corrected chi connectivity index (χ4v) is 0.920. The summed E-state index contributed by atoms with van der Waals surface area (Å²) in [6.07, 6.45) is -0.352. The molecule has 0 fully saturated rings. The van der Waals surface area contributed by atoms with Crippen LogP contribution in [0, 0.1) is 0 Å². The Hall–Kier alpha value is -1.18. The van der Waals surface area contributed by atoms with Crippen molar-refractivity contribution in [2.45, 2.75) is 12.5 Å². The minimum atomic E-state index is -1.09. The summed E-state index contributed by atoms with van der Waals surface area (Å²) >= 11 is 0. The van der Waals surface area contributed by atoms with E-state index in [2.05, 4.69) is 5.32 Å². The molecule has 5 N–H and O–H groups in total. The first-order valence-electron chi connectivity index (χ1n) is 4.51. The average molecular weight is 220 g/mol. The number of carboxylic acids is 1. The summed E-state index contributed by atoms with van der Waals surface area (Å²) < 4.78 is 4.91. The van der Waals surface area contributed by atoms with Crippen molar-refractivity contribution >= 4 is 11.9 Å². The largest absolute Gasteiger partial charge is 0.481 e. The van der Waals surface area contributed by atoms with Crippen molar-refractivity contribution in [3.8, 4) is 0 Å². The Morgan fingerprint density at radius 2 is 2.07 bits per heavy atom. The van der Waals surface area contributed by atoms with Crippen LogP contribution in [0.2, 0.25) is 0 Å². The van der Waals surface area contributed by atoms with Crippen LogP contribution in [0.4, 0.5) is 0 Å². The molecule has 0 aromatic heterocycles. The zero-order valence-corrected chi connectivity index (χ0v) is 8.31. The summed E-state index contributed by atoms with van der Waals surface area (Å²) in [6, 6.07) is -0.889. The summed E-state index contributed by atoms with van der Waals surface area (Å²) in [5, 5.41) is 19.5. The van der Waals surface area contributed by atoms with Gasteiger partial charge in [0.25, 0.3) is 0 Å². The van der Waals surface area contributed by atoms with E-state index in [4.69, 9.17) is 20.7 Å². The molecule has 0 saturated heterocycles. The molecule has 15 heavy (non-hydrogen) atoms. The highest BCUT2D eigenvalue weighted by Gasteiger charge is 2.17. The second kappa shape index (κ2) is 8.16. The van der Waals surface area contributed by atoms with Gasteiger partial charge in [-0.1, -0.05) is 0 Å². The maximum atomic E-state index is 10.8. The van der Waals surface area contributed by atoms with Gasteiger partial charge in [-0.2, -0.15) is 0 Å². The van der Waals surface area contributed by atoms with Gasteiger partial charge in [0, 0.05) is 6.54 Å². The Labute approximate surface area is 87.2 Å². The lowest BCUT2D eigenvalue weighted by atomic mass is 10.2. The molecule has 0 spiro atoms. The molecule has 0 bridgehead atoms. The van der Waals surface area contributed by atoms with Crippen molar-refractivity contribution in [1.82, 2.24) is 5.32 Å². The molecule has 0 aliphatic heterocycles. The molecule has 0 aliphatic carbocycles. The second-order valence-electron chi connectivity index (χ2n) is 2.84. The van der Waals surface area contributed by atoms with Gasteiger partial charge in [-0.05, 0) is 0 Å². The number of carbonyl (C=O) groups is 2. The molecule has 0 unspecified atom stereocenters. The molecular formula is C8H16N2O5. The zero-order valence-electron chi connectivity index (χ0n) is 8.31. The Morgan fingerprint density at radius 3 is 2.53 bits per heavy atom.